The first kappa shape index (κ1) is 39.7. The van der Waals surface area contributed by atoms with Crippen molar-refractivity contribution in [2.75, 3.05) is 0 Å². The first-order chi connectivity index (χ1) is 34.7. The molecular formula is C65H40N4O. The van der Waals surface area contributed by atoms with Crippen LogP contribution in [0, 0.1) is 0 Å². The van der Waals surface area contributed by atoms with Crippen molar-refractivity contribution in [2.24, 2.45) is 0 Å². The molecule has 0 bridgehead atoms. The van der Waals surface area contributed by atoms with Crippen LogP contribution < -0.4 is 0 Å². The number of furan rings is 1. The summed E-state index contributed by atoms with van der Waals surface area (Å²) >= 11 is 0. The van der Waals surface area contributed by atoms with Crippen LogP contribution in [0.5, 0.6) is 0 Å². The van der Waals surface area contributed by atoms with Crippen LogP contribution in [0.25, 0.3) is 139 Å². The number of hydrogen-bond acceptors (Lipinski definition) is 4. The van der Waals surface area contributed by atoms with Gasteiger partial charge < -0.3 is 8.98 Å². The zero-order valence-electron chi connectivity index (χ0n) is 37.8. The highest BCUT2D eigenvalue weighted by atomic mass is 16.3. The molecule has 0 spiro atoms. The maximum absolute atomic E-state index is 6.44. The van der Waals surface area contributed by atoms with Gasteiger partial charge in [0.15, 0.2) is 17.5 Å². The summed E-state index contributed by atoms with van der Waals surface area (Å²) in [6.07, 6.45) is 0. The lowest BCUT2D eigenvalue weighted by molar-refractivity contribution is 0.669. The van der Waals surface area contributed by atoms with Gasteiger partial charge in [0.05, 0.1) is 16.7 Å². The molecule has 14 aromatic rings. The van der Waals surface area contributed by atoms with E-state index in [9.17, 15) is 0 Å². The molecule has 0 N–H and O–H groups in total. The fourth-order valence-electron chi connectivity index (χ4n) is 10.6. The Morgan fingerprint density at radius 2 is 0.829 bits per heavy atom. The Labute approximate surface area is 403 Å². The maximum Gasteiger partial charge on any atom is 0.164 e. The zero-order valence-corrected chi connectivity index (χ0v) is 37.8. The molecule has 0 atom stereocenters. The van der Waals surface area contributed by atoms with Crippen molar-refractivity contribution in [3.8, 4) is 73.2 Å². The number of benzene rings is 11. The second-order valence-corrected chi connectivity index (χ2v) is 17.9. The largest absolute Gasteiger partial charge is 0.456 e. The molecule has 0 aliphatic heterocycles. The smallest absolute Gasteiger partial charge is 0.164 e. The van der Waals surface area contributed by atoms with Crippen molar-refractivity contribution in [1.29, 1.82) is 0 Å². The Morgan fingerprint density at radius 3 is 1.54 bits per heavy atom. The van der Waals surface area contributed by atoms with Crippen molar-refractivity contribution >= 4 is 65.3 Å². The Hall–Kier alpha value is -9.45. The molecule has 0 saturated carbocycles. The molecule has 0 fully saturated rings. The second-order valence-electron chi connectivity index (χ2n) is 17.9. The van der Waals surface area contributed by atoms with E-state index in [2.05, 4.69) is 211 Å². The molecule has 0 radical (unpaired) electrons. The monoisotopic (exact) mass is 892 g/mol. The Bertz CT molecular complexity index is 4330. The highest BCUT2D eigenvalue weighted by molar-refractivity contribution is 6.22. The fourth-order valence-corrected chi connectivity index (χ4v) is 10.6. The van der Waals surface area contributed by atoms with Gasteiger partial charge in [-0.25, -0.2) is 15.0 Å². The Balaban J connectivity index is 1.17. The van der Waals surface area contributed by atoms with E-state index in [1.807, 2.05) is 36.4 Å². The van der Waals surface area contributed by atoms with Gasteiger partial charge in [0, 0.05) is 60.3 Å². The van der Waals surface area contributed by atoms with Crippen LogP contribution >= 0.6 is 0 Å². The minimum atomic E-state index is 0.553. The van der Waals surface area contributed by atoms with E-state index in [1.54, 1.807) is 0 Å². The molecule has 5 nitrogen and oxygen atoms in total. The Morgan fingerprint density at radius 1 is 0.300 bits per heavy atom. The molecule has 70 heavy (non-hydrogen) atoms. The zero-order chi connectivity index (χ0) is 46.1. The molecule has 326 valence electrons. The standard InChI is InChI=1S/C65H40N4O/c1-5-19-41(20-6-1)53-40-55(65-67-63(45-26-11-4-12-27-45)66-64(68-65)48-34-35-51-50-31-17-18-32-57(50)70-58(51)39-48)59(43-22-7-2-8-23-43)60(44-24-9-3-10-25-44)62(53)69-56-38-47-29-14-13-28-46(47)37-54(56)52-36-33-42-21-15-16-30-49(42)61(52)69/h1-40H. The molecule has 11 aromatic carbocycles. The van der Waals surface area contributed by atoms with E-state index in [0.29, 0.717) is 17.5 Å². The van der Waals surface area contributed by atoms with Crippen LogP contribution in [0.15, 0.2) is 247 Å². The average Bonchev–Trinajstić information content (AvgIpc) is 3.97. The van der Waals surface area contributed by atoms with Crippen molar-refractivity contribution in [3.05, 3.63) is 243 Å². The predicted octanol–water partition coefficient (Wildman–Crippen LogP) is 17.2. The van der Waals surface area contributed by atoms with Gasteiger partial charge in [-0.3, -0.25) is 0 Å². The van der Waals surface area contributed by atoms with Gasteiger partial charge in [0.2, 0.25) is 0 Å². The molecule has 14 rings (SSSR count). The van der Waals surface area contributed by atoms with E-state index in [4.69, 9.17) is 19.4 Å². The van der Waals surface area contributed by atoms with Gasteiger partial charge in [0.1, 0.15) is 11.2 Å². The highest BCUT2D eigenvalue weighted by Crippen LogP contribution is 2.51. The van der Waals surface area contributed by atoms with E-state index in [0.717, 1.165) is 88.7 Å². The minimum absolute atomic E-state index is 0.553. The quantitative estimate of drug-likeness (QED) is 0.160. The summed E-state index contributed by atoms with van der Waals surface area (Å²) in [7, 11) is 0. The van der Waals surface area contributed by atoms with Crippen LogP contribution in [-0.4, -0.2) is 19.5 Å². The number of hydrogen-bond donors (Lipinski definition) is 0. The topological polar surface area (TPSA) is 56.7 Å². The van der Waals surface area contributed by atoms with Gasteiger partial charge >= 0.3 is 0 Å². The third kappa shape index (κ3) is 6.44. The third-order valence-electron chi connectivity index (χ3n) is 13.8. The van der Waals surface area contributed by atoms with Gasteiger partial charge in [0.25, 0.3) is 0 Å². The summed E-state index contributed by atoms with van der Waals surface area (Å²) in [6, 6.07) is 86.1. The predicted molar refractivity (Wildman–Crippen MR) is 289 cm³/mol. The maximum atomic E-state index is 6.44. The highest BCUT2D eigenvalue weighted by Gasteiger charge is 2.29. The van der Waals surface area contributed by atoms with E-state index in [1.165, 1.54) is 32.3 Å². The lowest BCUT2D eigenvalue weighted by Crippen LogP contribution is -2.07. The van der Waals surface area contributed by atoms with Crippen LogP contribution in [-0.2, 0) is 0 Å². The van der Waals surface area contributed by atoms with Gasteiger partial charge in [-0.2, -0.15) is 0 Å². The van der Waals surface area contributed by atoms with E-state index in [-0.39, 0.29) is 0 Å². The summed E-state index contributed by atoms with van der Waals surface area (Å²) in [6.45, 7) is 0. The molecule has 0 aliphatic carbocycles. The molecule has 0 amide bonds. The summed E-state index contributed by atoms with van der Waals surface area (Å²) in [5.74, 6) is 1.70. The van der Waals surface area contributed by atoms with Crippen LogP contribution in [0.2, 0.25) is 0 Å². The molecular weight excluding hydrogens is 853 g/mol. The number of rotatable bonds is 7. The molecule has 0 saturated heterocycles. The SMILES string of the molecule is c1ccc(-c2nc(-c3ccc4c(c3)oc3ccccc34)nc(-c3cc(-c4ccccc4)c(-n4c5cc6ccccc6cc5c5ccc6ccccc6c54)c(-c4ccccc4)c3-c3ccccc3)n2)cc1. The van der Waals surface area contributed by atoms with Crippen molar-refractivity contribution in [1.82, 2.24) is 19.5 Å². The summed E-state index contributed by atoms with van der Waals surface area (Å²) in [5, 5.41) is 9.25. The summed E-state index contributed by atoms with van der Waals surface area (Å²) in [4.78, 5) is 16.2. The van der Waals surface area contributed by atoms with Gasteiger partial charge in [-0.05, 0) is 69.2 Å². The molecule has 5 heteroatoms. The normalized spacial score (nSPS) is 11.7. The first-order valence-electron chi connectivity index (χ1n) is 23.7. The fraction of sp³-hybridized carbons (Fsp3) is 0. The van der Waals surface area contributed by atoms with Crippen molar-refractivity contribution < 1.29 is 4.42 Å². The number of fused-ring (bicyclic) bond motifs is 9. The molecule has 0 unspecified atom stereocenters. The second kappa shape index (κ2) is 16.1. The minimum Gasteiger partial charge on any atom is -0.456 e. The van der Waals surface area contributed by atoms with Crippen LogP contribution in [0.1, 0.15) is 0 Å². The lowest BCUT2D eigenvalue weighted by Gasteiger charge is -2.25. The number of para-hydroxylation sites is 1. The van der Waals surface area contributed by atoms with Crippen molar-refractivity contribution in [3.63, 3.8) is 0 Å². The van der Waals surface area contributed by atoms with E-state index >= 15 is 0 Å². The first-order valence-corrected chi connectivity index (χ1v) is 23.7. The third-order valence-corrected chi connectivity index (χ3v) is 13.8. The number of aromatic nitrogens is 4. The molecule has 3 heterocycles. The van der Waals surface area contributed by atoms with Crippen LogP contribution in [0.4, 0.5) is 0 Å². The average molecular weight is 893 g/mol. The van der Waals surface area contributed by atoms with Gasteiger partial charge in [-0.1, -0.05) is 206 Å². The summed E-state index contributed by atoms with van der Waals surface area (Å²) in [5.41, 5.74) is 13.9. The van der Waals surface area contributed by atoms with Crippen LogP contribution in [0.3, 0.4) is 0 Å². The summed E-state index contributed by atoms with van der Waals surface area (Å²) < 4.78 is 8.99. The Kier molecular flexibility index (Phi) is 9.14. The molecule has 0 aliphatic rings. The number of nitrogens with zero attached hydrogens (tertiary/aromatic N) is 4. The van der Waals surface area contributed by atoms with E-state index < -0.39 is 0 Å². The lowest BCUT2D eigenvalue weighted by atomic mass is 9.84. The van der Waals surface area contributed by atoms with Crippen molar-refractivity contribution in [2.45, 2.75) is 0 Å². The van der Waals surface area contributed by atoms with Gasteiger partial charge in [-0.15, -0.1) is 0 Å². The molecule has 3 aromatic heterocycles.